The van der Waals surface area contributed by atoms with Crippen LogP contribution in [-0.2, 0) is 4.74 Å². The Morgan fingerprint density at radius 3 is 2.95 bits per heavy atom. The van der Waals surface area contributed by atoms with E-state index in [1.807, 2.05) is 0 Å². The van der Waals surface area contributed by atoms with E-state index in [-0.39, 0.29) is 0 Å². The smallest absolute Gasteiger partial charge is 0.122 e. The van der Waals surface area contributed by atoms with Crippen molar-refractivity contribution in [3.63, 3.8) is 0 Å². The molecule has 1 saturated heterocycles. The number of hydrogen-bond donors (Lipinski definition) is 1. The normalized spacial score (nSPS) is 18.7. The molecule has 3 heteroatoms. The fourth-order valence-corrected chi connectivity index (χ4v) is 2.43. The van der Waals surface area contributed by atoms with Crippen molar-refractivity contribution >= 4 is 0 Å². The molecule has 1 aromatic rings. The molecular weight excluding hydrogens is 250 g/mol. The molecule has 2 rings (SSSR count). The van der Waals surface area contributed by atoms with Crippen molar-refractivity contribution < 1.29 is 9.47 Å². The van der Waals surface area contributed by atoms with Crippen LogP contribution in [0.3, 0.4) is 0 Å². The molecule has 20 heavy (non-hydrogen) atoms. The molecule has 0 bridgehead atoms. The van der Waals surface area contributed by atoms with Gasteiger partial charge < -0.3 is 14.8 Å². The van der Waals surface area contributed by atoms with Gasteiger partial charge in [0.05, 0.1) is 6.10 Å². The summed E-state index contributed by atoms with van der Waals surface area (Å²) < 4.78 is 11.5. The highest BCUT2D eigenvalue weighted by Crippen LogP contribution is 2.24. The summed E-state index contributed by atoms with van der Waals surface area (Å²) in [6.07, 6.45) is 2.79. The lowest BCUT2D eigenvalue weighted by molar-refractivity contribution is 0.109. The second kappa shape index (κ2) is 7.65. The second-order valence-corrected chi connectivity index (χ2v) is 5.87. The number of aryl methyl sites for hydroxylation is 1. The van der Waals surface area contributed by atoms with Crippen LogP contribution in [-0.4, -0.2) is 32.4 Å². The predicted molar refractivity (Wildman–Crippen MR) is 82.6 cm³/mol. The quantitative estimate of drug-likeness (QED) is 0.776. The van der Waals surface area contributed by atoms with E-state index in [1.54, 1.807) is 0 Å². The maximum Gasteiger partial charge on any atom is 0.122 e. The van der Waals surface area contributed by atoms with Crippen molar-refractivity contribution in [2.24, 2.45) is 0 Å². The van der Waals surface area contributed by atoms with Crippen molar-refractivity contribution in [1.29, 1.82) is 0 Å². The third-order valence-electron chi connectivity index (χ3n) is 3.81. The van der Waals surface area contributed by atoms with E-state index < -0.39 is 0 Å². The molecule has 1 aromatic carbocycles. The van der Waals surface area contributed by atoms with Crippen LogP contribution in [0.1, 0.15) is 43.7 Å². The highest BCUT2D eigenvalue weighted by molar-refractivity contribution is 5.37. The van der Waals surface area contributed by atoms with Gasteiger partial charge in [-0.1, -0.05) is 26.0 Å². The summed E-state index contributed by atoms with van der Waals surface area (Å²) in [4.78, 5) is 0. The second-order valence-electron chi connectivity index (χ2n) is 5.87. The Bertz CT molecular complexity index is 411. The first-order valence-electron chi connectivity index (χ1n) is 7.72. The summed E-state index contributed by atoms with van der Waals surface area (Å²) >= 11 is 0. The van der Waals surface area contributed by atoms with Gasteiger partial charge in [0, 0.05) is 19.7 Å². The van der Waals surface area contributed by atoms with Crippen LogP contribution >= 0.6 is 0 Å². The summed E-state index contributed by atoms with van der Waals surface area (Å²) in [6, 6.07) is 6.49. The van der Waals surface area contributed by atoms with Crippen molar-refractivity contribution in [1.82, 2.24) is 5.32 Å². The van der Waals surface area contributed by atoms with Crippen molar-refractivity contribution in [2.45, 2.75) is 45.6 Å². The van der Waals surface area contributed by atoms with E-state index in [9.17, 15) is 0 Å². The molecule has 1 aliphatic heterocycles. The first kappa shape index (κ1) is 15.3. The van der Waals surface area contributed by atoms with Crippen LogP contribution in [0.2, 0.25) is 0 Å². The molecule has 1 fully saturated rings. The summed E-state index contributed by atoms with van der Waals surface area (Å²) in [6.45, 7) is 9.94. The first-order valence-corrected chi connectivity index (χ1v) is 7.72. The van der Waals surface area contributed by atoms with Crippen LogP contribution in [0.5, 0.6) is 5.75 Å². The number of benzene rings is 1. The Labute approximate surface area is 122 Å². The van der Waals surface area contributed by atoms with Crippen LogP contribution in [0.25, 0.3) is 0 Å². The summed E-state index contributed by atoms with van der Waals surface area (Å²) in [5.41, 5.74) is 2.53. The molecule has 0 aromatic heterocycles. The lowest BCUT2D eigenvalue weighted by Gasteiger charge is -2.14. The number of ether oxygens (including phenoxy) is 2. The van der Waals surface area contributed by atoms with E-state index in [0.29, 0.717) is 18.6 Å². The highest BCUT2D eigenvalue weighted by atomic mass is 16.5. The minimum Gasteiger partial charge on any atom is -0.492 e. The third kappa shape index (κ3) is 4.50. The topological polar surface area (TPSA) is 30.5 Å². The van der Waals surface area contributed by atoms with Gasteiger partial charge in [0.25, 0.3) is 0 Å². The SMILES string of the molecule is Cc1ccc(C(C)C)cc1OCCNCC1CCCO1. The zero-order valence-electron chi connectivity index (χ0n) is 12.9. The Morgan fingerprint density at radius 1 is 1.40 bits per heavy atom. The third-order valence-corrected chi connectivity index (χ3v) is 3.81. The molecule has 1 N–H and O–H groups in total. The molecule has 0 spiro atoms. The molecule has 0 aliphatic carbocycles. The van der Waals surface area contributed by atoms with Gasteiger partial charge in [-0.05, 0) is 42.9 Å². The maximum absolute atomic E-state index is 5.89. The van der Waals surface area contributed by atoms with E-state index in [2.05, 4.69) is 44.3 Å². The van der Waals surface area contributed by atoms with Gasteiger partial charge in [0.15, 0.2) is 0 Å². The molecule has 1 heterocycles. The Hall–Kier alpha value is -1.06. The summed E-state index contributed by atoms with van der Waals surface area (Å²) in [5, 5.41) is 3.40. The molecule has 0 radical (unpaired) electrons. The Morgan fingerprint density at radius 2 is 2.25 bits per heavy atom. The molecule has 112 valence electrons. The largest absolute Gasteiger partial charge is 0.492 e. The Kier molecular flexibility index (Phi) is 5.86. The molecule has 1 atom stereocenters. The van der Waals surface area contributed by atoms with Crippen molar-refractivity contribution in [2.75, 3.05) is 26.3 Å². The minimum absolute atomic E-state index is 0.404. The molecule has 0 saturated carbocycles. The molecule has 0 amide bonds. The van der Waals surface area contributed by atoms with Crippen LogP contribution in [0.4, 0.5) is 0 Å². The number of nitrogens with one attached hydrogen (secondary N) is 1. The van der Waals surface area contributed by atoms with E-state index in [4.69, 9.17) is 9.47 Å². The standard InChI is InChI=1S/C17H27NO2/c1-13(2)15-7-6-14(3)17(11-15)20-10-8-18-12-16-5-4-9-19-16/h6-7,11,13,16,18H,4-5,8-10,12H2,1-3H3. The lowest BCUT2D eigenvalue weighted by atomic mass is 10.0. The van der Waals surface area contributed by atoms with Gasteiger partial charge in [0.2, 0.25) is 0 Å². The van der Waals surface area contributed by atoms with Crippen LogP contribution in [0.15, 0.2) is 18.2 Å². The van der Waals surface area contributed by atoms with Gasteiger partial charge in [-0.15, -0.1) is 0 Å². The number of rotatable bonds is 7. The van der Waals surface area contributed by atoms with E-state index in [0.717, 1.165) is 25.4 Å². The monoisotopic (exact) mass is 277 g/mol. The van der Waals surface area contributed by atoms with Gasteiger partial charge in [0.1, 0.15) is 12.4 Å². The van der Waals surface area contributed by atoms with Gasteiger partial charge in [-0.3, -0.25) is 0 Å². The first-order chi connectivity index (χ1) is 9.66. The fraction of sp³-hybridized carbons (Fsp3) is 0.647. The van der Waals surface area contributed by atoms with Gasteiger partial charge in [-0.2, -0.15) is 0 Å². The van der Waals surface area contributed by atoms with Crippen LogP contribution in [0, 0.1) is 6.92 Å². The number of hydrogen-bond acceptors (Lipinski definition) is 3. The van der Waals surface area contributed by atoms with Crippen molar-refractivity contribution in [3.8, 4) is 5.75 Å². The highest BCUT2D eigenvalue weighted by Gasteiger charge is 2.14. The predicted octanol–water partition coefficient (Wildman–Crippen LogP) is 3.27. The fourth-order valence-electron chi connectivity index (χ4n) is 2.43. The molecular formula is C17H27NO2. The average Bonchev–Trinajstić information content (AvgIpc) is 2.93. The van der Waals surface area contributed by atoms with Gasteiger partial charge in [-0.25, -0.2) is 0 Å². The van der Waals surface area contributed by atoms with Crippen molar-refractivity contribution in [3.05, 3.63) is 29.3 Å². The zero-order valence-corrected chi connectivity index (χ0v) is 12.9. The zero-order chi connectivity index (χ0) is 14.4. The summed E-state index contributed by atoms with van der Waals surface area (Å²) in [5.74, 6) is 1.55. The molecule has 3 nitrogen and oxygen atoms in total. The molecule has 1 unspecified atom stereocenters. The lowest BCUT2D eigenvalue weighted by Crippen LogP contribution is -2.29. The van der Waals surface area contributed by atoms with E-state index >= 15 is 0 Å². The summed E-state index contributed by atoms with van der Waals surface area (Å²) in [7, 11) is 0. The minimum atomic E-state index is 0.404. The average molecular weight is 277 g/mol. The van der Waals surface area contributed by atoms with Crippen LogP contribution < -0.4 is 10.1 Å². The molecule has 1 aliphatic rings. The Balaban J connectivity index is 1.71. The maximum atomic E-state index is 5.89. The van der Waals surface area contributed by atoms with Gasteiger partial charge >= 0.3 is 0 Å². The van der Waals surface area contributed by atoms with E-state index in [1.165, 1.54) is 24.0 Å².